The van der Waals surface area contributed by atoms with Gasteiger partial charge in [0.25, 0.3) is 0 Å². The van der Waals surface area contributed by atoms with Crippen LogP contribution in [0.15, 0.2) is 16.6 Å². The molecular formula is C9H6Br3NO. The highest BCUT2D eigenvalue weighted by molar-refractivity contribution is 9.26. The average Bonchev–Trinajstić information content (AvgIpc) is 2.33. The first kappa shape index (κ1) is 10.6. The van der Waals surface area contributed by atoms with Gasteiger partial charge in [0.15, 0.2) is 5.78 Å². The molecule has 1 aromatic rings. The molecule has 1 aliphatic carbocycles. The van der Waals surface area contributed by atoms with Gasteiger partial charge in [0, 0.05) is 22.1 Å². The average molecular weight is 384 g/mol. The van der Waals surface area contributed by atoms with E-state index in [4.69, 9.17) is 5.73 Å². The van der Waals surface area contributed by atoms with Crippen LogP contribution >= 0.6 is 47.8 Å². The van der Waals surface area contributed by atoms with Gasteiger partial charge in [-0.1, -0.05) is 31.9 Å². The lowest BCUT2D eigenvalue weighted by Gasteiger charge is -2.08. The van der Waals surface area contributed by atoms with Crippen LogP contribution in [0.2, 0.25) is 0 Å². The standard InChI is InChI=1S/C9H6Br3NO/c10-7-5-3-9(11,12)8(14)4(5)1-2-6(7)13/h1-2H,3,13H2. The zero-order valence-corrected chi connectivity index (χ0v) is 11.7. The molecule has 0 aromatic heterocycles. The van der Waals surface area contributed by atoms with Gasteiger partial charge in [-0.2, -0.15) is 0 Å². The first-order chi connectivity index (χ1) is 6.43. The molecule has 0 aliphatic heterocycles. The molecule has 2 rings (SSSR count). The van der Waals surface area contributed by atoms with Crippen molar-refractivity contribution in [3.05, 3.63) is 27.7 Å². The Morgan fingerprint density at radius 3 is 2.64 bits per heavy atom. The molecule has 0 bridgehead atoms. The molecule has 1 aromatic carbocycles. The number of alkyl halides is 2. The van der Waals surface area contributed by atoms with Crippen molar-refractivity contribution < 1.29 is 4.79 Å². The molecule has 0 saturated heterocycles. The number of fused-ring (bicyclic) bond motifs is 1. The topological polar surface area (TPSA) is 43.1 Å². The number of ketones is 1. The van der Waals surface area contributed by atoms with Crippen molar-refractivity contribution >= 4 is 59.3 Å². The molecule has 14 heavy (non-hydrogen) atoms. The van der Waals surface area contributed by atoms with Gasteiger partial charge in [-0.15, -0.1) is 0 Å². The second-order valence-corrected chi connectivity index (χ2v) is 7.77. The van der Waals surface area contributed by atoms with Crippen molar-refractivity contribution in [3.63, 3.8) is 0 Å². The van der Waals surface area contributed by atoms with Crippen LogP contribution in [0, 0.1) is 0 Å². The van der Waals surface area contributed by atoms with Crippen molar-refractivity contribution in [3.8, 4) is 0 Å². The summed E-state index contributed by atoms with van der Waals surface area (Å²) in [5.41, 5.74) is 8.08. The molecule has 0 atom stereocenters. The van der Waals surface area contributed by atoms with E-state index in [0.717, 1.165) is 15.6 Å². The summed E-state index contributed by atoms with van der Waals surface area (Å²) < 4.78 is 0.169. The number of Topliss-reactive ketones (excluding diaryl/α,β-unsaturated/α-hetero) is 1. The fraction of sp³-hybridized carbons (Fsp3) is 0.222. The summed E-state index contributed by atoms with van der Waals surface area (Å²) in [5.74, 6) is 0.0493. The number of nitrogens with two attached hydrogens (primary N) is 1. The molecule has 0 radical (unpaired) electrons. The highest BCUT2D eigenvalue weighted by Crippen LogP contribution is 2.45. The first-order valence-electron chi connectivity index (χ1n) is 3.93. The molecule has 0 heterocycles. The van der Waals surface area contributed by atoms with E-state index in [1.54, 1.807) is 12.1 Å². The maximum absolute atomic E-state index is 11.8. The van der Waals surface area contributed by atoms with Crippen LogP contribution in [0.1, 0.15) is 15.9 Å². The zero-order valence-electron chi connectivity index (χ0n) is 6.98. The number of rotatable bonds is 0. The van der Waals surface area contributed by atoms with Crippen molar-refractivity contribution in [1.29, 1.82) is 0 Å². The molecule has 0 amide bonds. The van der Waals surface area contributed by atoms with Gasteiger partial charge in [-0.3, -0.25) is 4.79 Å². The van der Waals surface area contributed by atoms with Crippen LogP contribution in [0.5, 0.6) is 0 Å². The summed E-state index contributed by atoms with van der Waals surface area (Å²) in [7, 11) is 0. The van der Waals surface area contributed by atoms with Crippen LogP contribution < -0.4 is 5.73 Å². The number of halogens is 3. The monoisotopic (exact) mass is 381 g/mol. The first-order valence-corrected chi connectivity index (χ1v) is 6.31. The molecule has 0 fully saturated rings. The van der Waals surface area contributed by atoms with E-state index in [-0.39, 0.29) is 5.78 Å². The molecule has 0 spiro atoms. The Morgan fingerprint density at radius 1 is 1.36 bits per heavy atom. The summed E-state index contributed by atoms with van der Waals surface area (Å²) in [5, 5.41) is 0. The Labute approximate surface area is 107 Å². The lowest BCUT2D eigenvalue weighted by molar-refractivity contribution is 0.0994. The third-order valence-electron chi connectivity index (χ3n) is 2.25. The number of hydrogen-bond acceptors (Lipinski definition) is 2. The quantitative estimate of drug-likeness (QED) is 0.552. The second kappa shape index (κ2) is 3.32. The molecule has 1 aliphatic rings. The maximum atomic E-state index is 11.8. The smallest absolute Gasteiger partial charge is 0.190 e. The van der Waals surface area contributed by atoms with E-state index in [2.05, 4.69) is 47.8 Å². The van der Waals surface area contributed by atoms with Crippen LogP contribution in [0.3, 0.4) is 0 Å². The van der Waals surface area contributed by atoms with E-state index < -0.39 is 3.23 Å². The number of hydrogen-bond donors (Lipinski definition) is 1. The van der Waals surface area contributed by atoms with E-state index in [0.29, 0.717) is 12.1 Å². The van der Waals surface area contributed by atoms with E-state index in [9.17, 15) is 4.79 Å². The fourth-order valence-electron chi connectivity index (χ4n) is 1.52. The molecule has 5 heteroatoms. The van der Waals surface area contributed by atoms with Gasteiger partial charge in [0.05, 0.1) is 0 Å². The van der Waals surface area contributed by atoms with Crippen molar-refractivity contribution in [1.82, 2.24) is 0 Å². The summed E-state index contributed by atoms with van der Waals surface area (Å²) in [6.45, 7) is 0. The largest absolute Gasteiger partial charge is 0.398 e. The minimum Gasteiger partial charge on any atom is -0.398 e. The highest BCUT2D eigenvalue weighted by Gasteiger charge is 2.42. The second-order valence-electron chi connectivity index (χ2n) is 3.21. The van der Waals surface area contributed by atoms with Gasteiger partial charge < -0.3 is 5.73 Å². The lowest BCUT2D eigenvalue weighted by Crippen LogP contribution is -2.19. The Balaban J connectivity index is 2.65. The SMILES string of the molecule is Nc1ccc2c(c1Br)CC(Br)(Br)C2=O. The number of nitrogen functional groups attached to an aromatic ring is 1. The summed E-state index contributed by atoms with van der Waals surface area (Å²) in [6, 6.07) is 3.50. The van der Waals surface area contributed by atoms with Crippen LogP contribution in [-0.4, -0.2) is 9.02 Å². The number of carbonyl (C=O) groups is 1. The minimum absolute atomic E-state index is 0.0493. The molecule has 74 valence electrons. The van der Waals surface area contributed by atoms with Crippen LogP contribution in [-0.2, 0) is 6.42 Å². The third kappa shape index (κ3) is 1.46. The lowest BCUT2D eigenvalue weighted by atomic mass is 10.1. The maximum Gasteiger partial charge on any atom is 0.190 e. The summed E-state index contributed by atoms with van der Waals surface area (Å²) in [4.78, 5) is 11.8. The van der Waals surface area contributed by atoms with Gasteiger partial charge in [0.1, 0.15) is 3.23 Å². The molecule has 0 saturated carbocycles. The predicted octanol–water partition coefficient (Wildman–Crippen LogP) is 3.26. The van der Waals surface area contributed by atoms with Gasteiger partial charge in [-0.25, -0.2) is 0 Å². The van der Waals surface area contributed by atoms with Crippen LogP contribution in [0.4, 0.5) is 5.69 Å². The molecule has 0 unspecified atom stereocenters. The molecule has 2 nitrogen and oxygen atoms in total. The Hall–Kier alpha value is 0.130. The highest BCUT2D eigenvalue weighted by atomic mass is 79.9. The predicted molar refractivity (Wildman–Crippen MR) is 67.2 cm³/mol. The van der Waals surface area contributed by atoms with E-state index in [1.165, 1.54) is 0 Å². The van der Waals surface area contributed by atoms with E-state index in [1.807, 2.05) is 0 Å². The zero-order chi connectivity index (χ0) is 10.5. The number of anilines is 1. The summed E-state index contributed by atoms with van der Waals surface area (Å²) >= 11 is 10.1. The minimum atomic E-state index is -0.654. The van der Waals surface area contributed by atoms with Crippen molar-refractivity contribution in [2.24, 2.45) is 0 Å². The van der Waals surface area contributed by atoms with Crippen LogP contribution in [0.25, 0.3) is 0 Å². The fourth-order valence-corrected chi connectivity index (χ4v) is 3.00. The summed E-state index contributed by atoms with van der Waals surface area (Å²) in [6.07, 6.45) is 0.604. The third-order valence-corrected chi connectivity index (χ3v) is 4.47. The number of benzene rings is 1. The Kier molecular flexibility index (Phi) is 2.52. The van der Waals surface area contributed by atoms with Gasteiger partial charge >= 0.3 is 0 Å². The Bertz CT molecular complexity index is 428. The van der Waals surface area contributed by atoms with Gasteiger partial charge in [-0.05, 0) is 33.6 Å². The number of carbonyl (C=O) groups excluding carboxylic acids is 1. The van der Waals surface area contributed by atoms with Gasteiger partial charge in [0.2, 0.25) is 0 Å². The normalized spacial score (nSPS) is 18.4. The molecular weight excluding hydrogens is 378 g/mol. The van der Waals surface area contributed by atoms with E-state index >= 15 is 0 Å². The molecule has 2 N–H and O–H groups in total. The van der Waals surface area contributed by atoms with Crippen molar-refractivity contribution in [2.75, 3.05) is 5.73 Å². The Morgan fingerprint density at radius 2 is 2.00 bits per heavy atom. The van der Waals surface area contributed by atoms with Crippen molar-refractivity contribution in [2.45, 2.75) is 9.65 Å².